The van der Waals surface area contributed by atoms with Crippen LogP contribution in [0.5, 0.6) is 0 Å². The van der Waals surface area contributed by atoms with Gasteiger partial charge in [-0.15, -0.1) is 0 Å². The molecule has 4 nitrogen and oxygen atoms in total. The van der Waals surface area contributed by atoms with Crippen molar-refractivity contribution in [2.45, 2.75) is 6.42 Å². The van der Waals surface area contributed by atoms with Gasteiger partial charge in [0.25, 0.3) is 0 Å². The third-order valence-corrected chi connectivity index (χ3v) is 2.78. The first-order valence-corrected chi connectivity index (χ1v) is 5.79. The van der Waals surface area contributed by atoms with Crippen LogP contribution in [0.3, 0.4) is 0 Å². The normalized spacial score (nSPS) is 10.3. The summed E-state index contributed by atoms with van der Waals surface area (Å²) < 4.78 is 13.0. The van der Waals surface area contributed by atoms with Gasteiger partial charge in [0.15, 0.2) is 0 Å². The number of hydrogen-bond donors (Lipinski definition) is 2. The largest absolute Gasteiger partial charge is 0.382 e. The number of aromatic nitrogens is 2. The number of halogens is 2. The van der Waals surface area contributed by atoms with Crippen molar-refractivity contribution in [2.75, 3.05) is 17.6 Å². The van der Waals surface area contributed by atoms with Crippen molar-refractivity contribution in [3.05, 3.63) is 47.0 Å². The first-order valence-electron chi connectivity index (χ1n) is 5.41. The van der Waals surface area contributed by atoms with Crippen molar-refractivity contribution in [3.8, 4) is 0 Å². The van der Waals surface area contributed by atoms with Crippen LogP contribution in [0.25, 0.3) is 0 Å². The molecule has 2 rings (SSSR count). The first-order chi connectivity index (χ1) is 8.66. The van der Waals surface area contributed by atoms with E-state index in [0.717, 1.165) is 5.56 Å². The lowest BCUT2D eigenvalue weighted by Gasteiger charge is -2.08. The molecule has 0 aliphatic carbocycles. The van der Waals surface area contributed by atoms with Crippen LogP contribution >= 0.6 is 11.6 Å². The highest BCUT2D eigenvalue weighted by atomic mass is 35.5. The topological polar surface area (TPSA) is 63.8 Å². The minimum absolute atomic E-state index is 0.236. The summed E-state index contributed by atoms with van der Waals surface area (Å²) in [5.41, 5.74) is 6.45. The molecule has 0 spiro atoms. The summed E-state index contributed by atoms with van der Waals surface area (Å²) in [6, 6.07) is 6.46. The molecule has 0 amide bonds. The van der Waals surface area contributed by atoms with Crippen molar-refractivity contribution in [3.63, 3.8) is 0 Å². The van der Waals surface area contributed by atoms with E-state index in [-0.39, 0.29) is 11.6 Å². The molecule has 1 aromatic carbocycles. The molecule has 3 N–H and O–H groups in total. The Labute approximate surface area is 109 Å². The fourth-order valence-electron chi connectivity index (χ4n) is 1.52. The summed E-state index contributed by atoms with van der Waals surface area (Å²) >= 11 is 5.93. The van der Waals surface area contributed by atoms with Gasteiger partial charge in [-0.3, -0.25) is 0 Å². The van der Waals surface area contributed by atoms with E-state index in [0.29, 0.717) is 23.8 Å². The van der Waals surface area contributed by atoms with Gasteiger partial charge in [-0.05, 0) is 24.1 Å². The second-order valence-electron chi connectivity index (χ2n) is 3.73. The molecule has 0 aliphatic rings. The maximum atomic E-state index is 13.0. The minimum atomic E-state index is -0.239. The van der Waals surface area contributed by atoms with Crippen LogP contribution in [0.2, 0.25) is 5.02 Å². The zero-order valence-electron chi connectivity index (χ0n) is 9.53. The molecule has 0 saturated carbocycles. The maximum Gasteiger partial charge on any atom is 0.150 e. The third-order valence-electron chi connectivity index (χ3n) is 2.41. The maximum absolute atomic E-state index is 13.0. The second kappa shape index (κ2) is 5.64. The Morgan fingerprint density at radius 2 is 2.17 bits per heavy atom. The average Bonchev–Trinajstić information content (AvgIpc) is 2.35. The molecule has 0 unspecified atom stereocenters. The predicted octanol–water partition coefficient (Wildman–Crippen LogP) is 2.51. The van der Waals surface area contributed by atoms with Gasteiger partial charge in [0.05, 0.1) is 0 Å². The van der Waals surface area contributed by atoms with E-state index in [9.17, 15) is 4.39 Å². The van der Waals surface area contributed by atoms with E-state index in [4.69, 9.17) is 17.3 Å². The molecule has 2 aromatic rings. The molecular formula is C12H12ClFN4. The van der Waals surface area contributed by atoms with Gasteiger partial charge in [0, 0.05) is 6.54 Å². The Hall–Kier alpha value is -1.88. The number of benzene rings is 1. The predicted molar refractivity (Wildman–Crippen MR) is 70.0 cm³/mol. The Kier molecular flexibility index (Phi) is 3.94. The van der Waals surface area contributed by atoms with Gasteiger partial charge >= 0.3 is 0 Å². The monoisotopic (exact) mass is 266 g/mol. The van der Waals surface area contributed by atoms with E-state index >= 15 is 0 Å². The third kappa shape index (κ3) is 3.07. The highest BCUT2D eigenvalue weighted by Crippen LogP contribution is 2.22. The van der Waals surface area contributed by atoms with Crippen molar-refractivity contribution >= 4 is 23.2 Å². The highest BCUT2D eigenvalue weighted by molar-refractivity contribution is 6.35. The van der Waals surface area contributed by atoms with E-state index < -0.39 is 0 Å². The molecule has 0 radical (unpaired) electrons. The number of nitrogen functional groups attached to an aromatic ring is 1. The molecule has 18 heavy (non-hydrogen) atoms. The van der Waals surface area contributed by atoms with Crippen LogP contribution in [0.1, 0.15) is 5.56 Å². The van der Waals surface area contributed by atoms with Gasteiger partial charge in [-0.1, -0.05) is 23.7 Å². The van der Waals surface area contributed by atoms with Crippen LogP contribution in [-0.2, 0) is 6.42 Å². The number of nitrogens with two attached hydrogens (primary N) is 1. The Morgan fingerprint density at radius 1 is 1.33 bits per heavy atom. The minimum Gasteiger partial charge on any atom is -0.382 e. The number of nitrogens with one attached hydrogen (secondary N) is 1. The van der Waals surface area contributed by atoms with Crippen LogP contribution in [-0.4, -0.2) is 16.5 Å². The zero-order valence-corrected chi connectivity index (χ0v) is 10.3. The number of hydrogen-bond acceptors (Lipinski definition) is 4. The van der Waals surface area contributed by atoms with E-state index in [2.05, 4.69) is 15.3 Å². The smallest absolute Gasteiger partial charge is 0.150 e. The fourth-order valence-corrected chi connectivity index (χ4v) is 1.69. The lowest BCUT2D eigenvalue weighted by Crippen LogP contribution is -2.08. The van der Waals surface area contributed by atoms with E-state index in [1.807, 2.05) is 6.07 Å². The lowest BCUT2D eigenvalue weighted by molar-refractivity contribution is 0.625. The van der Waals surface area contributed by atoms with Crippen LogP contribution < -0.4 is 11.1 Å². The van der Waals surface area contributed by atoms with Crippen molar-refractivity contribution < 1.29 is 4.39 Å². The van der Waals surface area contributed by atoms with Gasteiger partial charge in [0.2, 0.25) is 0 Å². The summed E-state index contributed by atoms with van der Waals surface area (Å²) in [5.74, 6) is 0.484. The second-order valence-corrected chi connectivity index (χ2v) is 4.11. The molecule has 0 saturated heterocycles. The standard InChI is InChI=1S/C12H12ClFN4/c13-10-11(15)17-7-18-12(10)16-5-4-8-2-1-3-9(14)6-8/h1-3,6-7H,4-5H2,(H3,15,16,17,18). The Morgan fingerprint density at radius 3 is 2.94 bits per heavy atom. The number of nitrogens with zero attached hydrogens (tertiary/aromatic N) is 2. The van der Waals surface area contributed by atoms with Gasteiger partial charge in [-0.25, -0.2) is 14.4 Å². The fraction of sp³-hybridized carbons (Fsp3) is 0.167. The molecule has 0 bridgehead atoms. The molecule has 94 valence electrons. The number of rotatable bonds is 4. The summed E-state index contributed by atoms with van der Waals surface area (Å²) in [6.45, 7) is 0.583. The van der Waals surface area contributed by atoms with Crippen LogP contribution in [0.15, 0.2) is 30.6 Å². The molecule has 1 aromatic heterocycles. The summed E-state index contributed by atoms with van der Waals surface area (Å²) in [7, 11) is 0. The molecule has 0 atom stereocenters. The van der Waals surface area contributed by atoms with Gasteiger partial charge < -0.3 is 11.1 Å². The van der Waals surface area contributed by atoms with Crippen molar-refractivity contribution in [2.24, 2.45) is 0 Å². The zero-order chi connectivity index (χ0) is 13.0. The van der Waals surface area contributed by atoms with Crippen LogP contribution in [0.4, 0.5) is 16.0 Å². The molecule has 0 fully saturated rings. The summed E-state index contributed by atoms with van der Waals surface area (Å²) in [4.78, 5) is 7.74. The SMILES string of the molecule is Nc1ncnc(NCCc2cccc(F)c2)c1Cl. The lowest BCUT2D eigenvalue weighted by atomic mass is 10.1. The highest BCUT2D eigenvalue weighted by Gasteiger charge is 2.05. The van der Waals surface area contributed by atoms with E-state index in [1.165, 1.54) is 18.5 Å². The molecule has 1 heterocycles. The van der Waals surface area contributed by atoms with Crippen molar-refractivity contribution in [1.82, 2.24) is 9.97 Å². The quantitative estimate of drug-likeness (QED) is 0.892. The first kappa shape index (κ1) is 12.6. The Balaban J connectivity index is 1.94. The van der Waals surface area contributed by atoms with E-state index in [1.54, 1.807) is 6.07 Å². The molecule has 0 aliphatic heterocycles. The van der Waals surface area contributed by atoms with Crippen molar-refractivity contribution in [1.29, 1.82) is 0 Å². The van der Waals surface area contributed by atoms with Gasteiger partial charge in [0.1, 0.15) is 28.8 Å². The average molecular weight is 267 g/mol. The molecule has 6 heteroatoms. The number of anilines is 2. The Bertz CT molecular complexity index is 547. The van der Waals surface area contributed by atoms with Gasteiger partial charge in [-0.2, -0.15) is 0 Å². The molecular weight excluding hydrogens is 255 g/mol. The summed E-state index contributed by atoms with van der Waals surface area (Å²) in [6.07, 6.45) is 2.00. The van der Waals surface area contributed by atoms with Crippen LogP contribution in [0, 0.1) is 5.82 Å². The summed E-state index contributed by atoms with van der Waals surface area (Å²) in [5, 5.41) is 3.34.